The number of hydrogen-bond donors (Lipinski definition) is 0. The van der Waals surface area contributed by atoms with Crippen LogP contribution in [0.1, 0.15) is 26.6 Å². The van der Waals surface area contributed by atoms with E-state index in [9.17, 15) is 0 Å². The van der Waals surface area contributed by atoms with Crippen LogP contribution in [-0.4, -0.2) is 25.8 Å². The molecule has 0 saturated heterocycles. The predicted molar refractivity (Wildman–Crippen MR) is 61.3 cm³/mol. The number of fused-ring (bicyclic) bond motifs is 1. The topological polar surface area (TPSA) is 43.1 Å². The van der Waals surface area contributed by atoms with Crippen LogP contribution in [0, 0.1) is 0 Å². The highest BCUT2D eigenvalue weighted by Gasteiger charge is 2.20. The molecule has 0 aliphatic heterocycles. The summed E-state index contributed by atoms with van der Waals surface area (Å²) < 4.78 is 2.01. The highest BCUT2D eigenvalue weighted by atomic mass is 32.2. The minimum Gasteiger partial charge on any atom is -0.282 e. The van der Waals surface area contributed by atoms with Crippen LogP contribution in [0.4, 0.5) is 0 Å². The smallest absolute Gasteiger partial charge is 0.179 e. The van der Waals surface area contributed by atoms with Crippen LogP contribution in [0.15, 0.2) is 17.4 Å². The van der Waals surface area contributed by atoms with Crippen molar-refractivity contribution in [3.05, 3.63) is 18.2 Å². The molecule has 0 unspecified atom stereocenters. The third-order valence-electron chi connectivity index (χ3n) is 2.15. The molecule has 15 heavy (non-hydrogen) atoms. The fourth-order valence-corrected chi connectivity index (χ4v) is 1.77. The summed E-state index contributed by atoms with van der Waals surface area (Å²) in [5.41, 5.74) is 0.800. The molecule has 0 N–H and O–H groups in total. The second kappa shape index (κ2) is 3.48. The Morgan fingerprint density at radius 3 is 2.60 bits per heavy atom. The molecule has 0 aliphatic rings. The molecular formula is C10H14N4S. The lowest BCUT2D eigenvalue weighted by atomic mass is 9.96. The van der Waals surface area contributed by atoms with Crippen molar-refractivity contribution in [2.75, 3.05) is 6.26 Å². The first-order valence-corrected chi connectivity index (χ1v) is 6.00. The van der Waals surface area contributed by atoms with Crippen LogP contribution >= 0.6 is 11.8 Å². The molecule has 2 heterocycles. The Morgan fingerprint density at radius 2 is 2.00 bits per heavy atom. The fraction of sp³-hybridized carbons (Fsp3) is 0.500. The molecule has 0 saturated carbocycles. The third-order valence-corrected chi connectivity index (χ3v) is 2.78. The van der Waals surface area contributed by atoms with Crippen molar-refractivity contribution in [2.45, 2.75) is 31.2 Å². The van der Waals surface area contributed by atoms with Crippen molar-refractivity contribution in [3.63, 3.8) is 0 Å². The molecule has 2 rings (SSSR count). The monoisotopic (exact) mass is 222 g/mol. The van der Waals surface area contributed by atoms with E-state index >= 15 is 0 Å². The maximum atomic E-state index is 4.26. The van der Waals surface area contributed by atoms with Gasteiger partial charge in [0.25, 0.3) is 0 Å². The predicted octanol–water partition coefficient (Wildman–Crippen LogP) is 2.14. The highest BCUT2D eigenvalue weighted by Crippen LogP contribution is 2.21. The first-order valence-electron chi connectivity index (χ1n) is 4.77. The van der Waals surface area contributed by atoms with Crippen molar-refractivity contribution in [1.29, 1.82) is 0 Å². The average molecular weight is 222 g/mol. The van der Waals surface area contributed by atoms with Gasteiger partial charge in [-0.2, -0.15) is 0 Å². The Bertz CT molecular complexity index is 484. The third kappa shape index (κ3) is 1.84. The molecule has 2 aromatic rings. The van der Waals surface area contributed by atoms with Crippen molar-refractivity contribution in [1.82, 2.24) is 19.6 Å². The molecule has 0 bridgehead atoms. The van der Waals surface area contributed by atoms with Crippen LogP contribution in [0.5, 0.6) is 0 Å². The molecule has 0 radical (unpaired) electrons. The summed E-state index contributed by atoms with van der Waals surface area (Å²) in [6.07, 6.45) is 5.75. The minimum absolute atomic E-state index is 0.00352. The Morgan fingerprint density at radius 1 is 1.27 bits per heavy atom. The van der Waals surface area contributed by atoms with Gasteiger partial charge in [-0.1, -0.05) is 20.8 Å². The lowest BCUT2D eigenvalue weighted by Gasteiger charge is -2.15. The van der Waals surface area contributed by atoms with Gasteiger partial charge in [0.2, 0.25) is 0 Å². The van der Waals surface area contributed by atoms with E-state index in [1.807, 2.05) is 16.9 Å². The second-order valence-corrected chi connectivity index (χ2v) is 5.26. The SMILES string of the molecule is CSc1cn2c(C(C)(C)C)nnc2cn1. The number of rotatable bonds is 1. The molecule has 0 amide bonds. The fourth-order valence-electron chi connectivity index (χ4n) is 1.40. The van der Waals surface area contributed by atoms with E-state index in [1.165, 1.54) is 0 Å². The maximum absolute atomic E-state index is 4.26. The summed E-state index contributed by atoms with van der Waals surface area (Å²) in [6, 6.07) is 0. The lowest BCUT2D eigenvalue weighted by Crippen LogP contribution is -2.16. The molecule has 5 heteroatoms. The van der Waals surface area contributed by atoms with E-state index in [1.54, 1.807) is 18.0 Å². The van der Waals surface area contributed by atoms with Gasteiger partial charge < -0.3 is 0 Å². The highest BCUT2D eigenvalue weighted by molar-refractivity contribution is 7.98. The van der Waals surface area contributed by atoms with Crippen LogP contribution in [0.25, 0.3) is 5.65 Å². The van der Waals surface area contributed by atoms with Crippen molar-refractivity contribution >= 4 is 17.4 Å². The molecule has 0 fully saturated rings. The number of hydrogen-bond acceptors (Lipinski definition) is 4. The zero-order valence-corrected chi connectivity index (χ0v) is 10.2. The standard InChI is InChI=1S/C10H14N4S/c1-10(2,3)9-13-12-7-5-11-8(15-4)6-14(7)9/h5-6H,1-4H3. The quantitative estimate of drug-likeness (QED) is 0.693. The second-order valence-electron chi connectivity index (χ2n) is 4.43. The largest absolute Gasteiger partial charge is 0.282 e. The molecule has 0 atom stereocenters. The summed E-state index contributed by atoms with van der Waals surface area (Å²) in [7, 11) is 0. The van der Waals surface area contributed by atoms with Gasteiger partial charge in [0.15, 0.2) is 5.65 Å². The zero-order chi connectivity index (χ0) is 11.1. The zero-order valence-electron chi connectivity index (χ0n) is 9.35. The van der Waals surface area contributed by atoms with Gasteiger partial charge in [-0.05, 0) is 6.26 Å². The average Bonchev–Trinajstić information content (AvgIpc) is 2.59. The molecule has 2 aromatic heterocycles. The van der Waals surface area contributed by atoms with Crippen LogP contribution in [-0.2, 0) is 5.41 Å². The Balaban J connectivity index is 2.67. The maximum Gasteiger partial charge on any atom is 0.179 e. The van der Waals surface area contributed by atoms with E-state index in [4.69, 9.17) is 0 Å². The molecular weight excluding hydrogens is 208 g/mol. The van der Waals surface area contributed by atoms with Gasteiger partial charge in [-0.25, -0.2) is 4.98 Å². The Kier molecular flexibility index (Phi) is 2.42. The van der Waals surface area contributed by atoms with Crippen molar-refractivity contribution in [2.24, 2.45) is 0 Å². The Hall–Kier alpha value is -1.10. The summed E-state index contributed by atoms with van der Waals surface area (Å²) in [6.45, 7) is 6.38. The number of aromatic nitrogens is 4. The molecule has 0 spiro atoms. The van der Waals surface area contributed by atoms with Gasteiger partial charge in [0.1, 0.15) is 10.9 Å². The summed E-state index contributed by atoms with van der Waals surface area (Å²) in [4.78, 5) is 4.26. The van der Waals surface area contributed by atoms with E-state index in [0.29, 0.717) is 0 Å². The lowest BCUT2D eigenvalue weighted by molar-refractivity contribution is 0.537. The summed E-state index contributed by atoms with van der Waals surface area (Å²) in [5, 5.41) is 9.29. The molecule has 80 valence electrons. The summed E-state index contributed by atoms with van der Waals surface area (Å²) in [5.74, 6) is 0.968. The summed E-state index contributed by atoms with van der Waals surface area (Å²) >= 11 is 1.62. The Labute approximate surface area is 93.1 Å². The minimum atomic E-state index is -0.00352. The van der Waals surface area contributed by atoms with Crippen LogP contribution < -0.4 is 0 Å². The van der Waals surface area contributed by atoms with Gasteiger partial charge in [-0.3, -0.25) is 4.40 Å². The molecule has 4 nitrogen and oxygen atoms in total. The van der Waals surface area contributed by atoms with E-state index in [-0.39, 0.29) is 5.41 Å². The van der Waals surface area contributed by atoms with Gasteiger partial charge in [0.05, 0.1) is 6.20 Å². The van der Waals surface area contributed by atoms with Gasteiger partial charge >= 0.3 is 0 Å². The van der Waals surface area contributed by atoms with E-state index in [0.717, 1.165) is 16.5 Å². The van der Waals surface area contributed by atoms with Crippen LogP contribution in [0.3, 0.4) is 0 Å². The van der Waals surface area contributed by atoms with Crippen molar-refractivity contribution < 1.29 is 0 Å². The normalized spacial score (nSPS) is 12.3. The van der Waals surface area contributed by atoms with E-state index in [2.05, 4.69) is 36.0 Å². The molecule has 0 aromatic carbocycles. The van der Waals surface area contributed by atoms with E-state index < -0.39 is 0 Å². The van der Waals surface area contributed by atoms with Gasteiger partial charge in [0, 0.05) is 11.6 Å². The number of thioether (sulfide) groups is 1. The first-order chi connectivity index (χ1) is 7.02. The van der Waals surface area contributed by atoms with Crippen molar-refractivity contribution in [3.8, 4) is 0 Å². The molecule has 0 aliphatic carbocycles. The van der Waals surface area contributed by atoms with Gasteiger partial charge in [-0.15, -0.1) is 22.0 Å². The first kappa shape index (κ1) is 10.4. The van der Waals surface area contributed by atoms with Crippen LogP contribution in [0.2, 0.25) is 0 Å². The number of nitrogens with zero attached hydrogens (tertiary/aromatic N) is 4.